The molecule has 0 bridgehead atoms. The summed E-state index contributed by atoms with van der Waals surface area (Å²) in [6, 6.07) is 10.8. The molecule has 0 spiro atoms. The predicted octanol–water partition coefficient (Wildman–Crippen LogP) is 4.05. The molecular weight excluding hydrogens is 336 g/mol. The minimum atomic E-state index is -0.838. The zero-order valence-electron chi connectivity index (χ0n) is 14.8. The number of ketones is 1. The highest BCUT2D eigenvalue weighted by atomic mass is 32.2. The molecule has 1 aromatic carbocycles. The van der Waals surface area contributed by atoms with E-state index in [9.17, 15) is 9.59 Å². The fraction of sp³-hybridized carbons (Fsp3) is 0.316. The van der Waals surface area contributed by atoms with Crippen molar-refractivity contribution in [1.82, 2.24) is 4.98 Å². The number of hydrogen-bond acceptors (Lipinski definition) is 5. The van der Waals surface area contributed by atoms with E-state index in [-0.39, 0.29) is 18.1 Å². The molecule has 6 heteroatoms. The molecule has 2 rings (SSSR count). The van der Waals surface area contributed by atoms with Crippen molar-refractivity contribution < 1.29 is 14.3 Å². The molecule has 0 radical (unpaired) electrons. The van der Waals surface area contributed by atoms with Crippen LogP contribution < -0.4 is 10.1 Å². The number of hydrogen-bond donors (Lipinski definition) is 1. The van der Waals surface area contributed by atoms with E-state index < -0.39 is 5.41 Å². The molecule has 1 N–H and O–H groups in total. The van der Waals surface area contributed by atoms with E-state index in [4.69, 9.17) is 4.74 Å². The number of Topliss-reactive ketones (excluding diaryl/α,β-unsaturated/α-hetero) is 1. The SMILES string of the molecule is COc1ccc(NC(=O)C(C)(C)CC(=O)c2ccc(SC)cc2)cn1. The van der Waals surface area contributed by atoms with Crippen LogP contribution in [0.1, 0.15) is 30.6 Å². The maximum Gasteiger partial charge on any atom is 0.230 e. The number of anilines is 1. The number of benzene rings is 1. The number of methoxy groups -OCH3 is 1. The van der Waals surface area contributed by atoms with Gasteiger partial charge in [0.05, 0.1) is 24.4 Å². The lowest BCUT2D eigenvalue weighted by molar-refractivity contribution is -0.123. The topological polar surface area (TPSA) is 68.3 Å². The Morgan fingerprint density at radius 2 is 1.84 bits per heavy atom. The Morgan fingerprint density at radius 1 is 1.16 bits per heavy atom. The zero-order valence-corrected chi connectivity index (χ0v) is 15.6. The predicted molar refractivity (Wildman–Crippen MR) is 100 cm³/mol. The molecule has 0 aliphatic rings. The quantitative estimate of drug-likeness (QED) is 0.597. The molecule has 0 fully saturated rings. The van der Waals surface area contributed by atoms with Gasteiger partial charge < -0.3 is 10.1 Å². The Kier molecular flexibility index (Phi) is 6.20. The molecular formula is C19H22N2O3S. The maximum absolute atomic E-state index is 12.5. The van der Waals surface area contributed by atoms with E-state index >= 15 is 0 Å². The van der Waals surface area contributed by atoms with Crippen LogP contribution in [-0.2, 0) is 4.79 Å². The van der Waals surface area contributed by atoms with Crippen molar-refractivity contribution in [2.45, 2.75) is 25.2 Å². The van der Waals surface area contributed by atoms with Crippen LogP contribution in [0, 0.1) is 5.41 Å². The summed E-state index contributed by atoms with van der Waals surface area (Å²) in [5.41, 5.74) is 0.343. The first-order valence-corrected chi connectivity index (χ1v) is 9.07. The van der Waals surface area contributed by atoms with Crippen LogP contribution in [0.5, 0.6) is 5.88 Å². The fourth-order valence-electron chi connectivity index (χ4n) is 2.24. The van der Waals surface area contributed by atoms with Crippen LogP contribution in [0.2, 0.25) is 0 Å². The van der Waals surface area contributed by atoms with E-state index in [1.165, 1.54) is 13.3 Å². The van der Waals surface area contributed by atoms with Crippen LogP contribution in [0.4, 0.5) is 5.69 Å². The van der Waals surface area contributed by atoms with Crippen molar-refractivity contribution in [3.8, 4) is 5.88 Å². The van der Waals surface area contributed by atoms with E-state index in [0.29, 0.717) is 17.1 Å². The molecule has 5 nitrogen and oxygen atoms in total. The van der Waals surface area contributed by atoms with Crippen molar-refractivity contribution in [1.29, 1.82) is 0 Å². The van der Waals surface area contributed by atoms with Gasteiger partial charge in [0.2, 0.25) is 11.8 Å². The number of rotatable bonds is 7. The number of amides is 1. The molecule has 0 aliphatic carbocycles. The van der Waals surface area contributed by atoms with Crippen LogP contribution in [0.3, 0.4) is 0 Å². The van der Waals surface area contributed by atoms with Crippen molar-refractivity contribution in [3.63, 3.8) is 0 Å². The first-order chi connectivity index (χ1) is 11.9. The first kappa shape index (κ1) is 19.0. The lowest BCUT2D eigenvalue weighted by Gasteiger charge is -2.23. The summed E-state index contributed by atoms with van der Waals surface area (Å²) in [7, 11) is 1.53. The monoisotopic (exact) mass is 358 g/mol. The Hall–Kier alpha value is -2.34. The standard InChI is InChI=1S/C19H22N2O3S/c1-19(2,11-16(22)13-5-8-15(25-4)9-6-13)18(23)21-14-7-10-17(24-3)20-12-14/h5-10,12H,11H2,1-4H3,(H,21,23). The number of aromatic nitrogens is 1. The minimum Gasteiger partial charge on any atom is -0.481 e. The summed E-state index contributed by atoms with van der Waals surface area (Å²) in [4.78, 5) is 30.2. The molecule has 0 atom stereocenters. The molecule has 132 valence electrons. The van der Waals surface area contributed by atoms with E-state index in [1.807, 2.05) is 18.4 Å². The molecule has 1 heterocycles. The molecule has 0 saturated carbocycles. The Bertz CT molecular complexity index is 740. The van der Waals surface area contributed by atoms with Gasteiger partial charge in [0.1, 0.15) is 0 Å². The van der Waals surface area contributed by atoms with Gasteiger partial charge in [-0.3, -0.25) is 9.59 Å². The smallest absolute Gasteiger partial charge is 0.230 e. The van der Waals surface area contributed by atoms with Crippen LogP contribution >= 0.6 is 11.8 Å². The average molecular weight is 358 g/mol. The number of pyridine rings is 1. The second-order valence-corrected chi connectivity index (χ2v) is 7.14. The highest BCUT2D eigenvalue weighted by Gasteiger charge is 2.31. The highest BCUT2D eigenvalue weighted by molar-refractivity contribution is 7.98. The molecule has 2 aromatic rings. The van der Waals surface area contributed by atoms with Gasteiger partial charge in [0.25, 0.3) is 0 Å². The highest BCUT2D eigenvalue weighted by Crippen LogP contribution is 2.26. The molecule has 0 unspecified atom stereocenters. The van der Waals surface area contributed by atoms with E-state index in [2.05, 4.69) is 10.3 Å². The van der Waals surface area contributed by atoms with Gasteiger partial charge in [-0.1, -0.05) is 26.0 Å². The lowest BCUT2D eigenvalue weighted by Crippen LogP contribution is -2.33. The van der Waals surface area contributed by atoms with Gasteiger partial charge in [-0.2, -0.15) is 0 Å². The number of carbonyl (C=O) groups is 2. The van der Waals surface area contributed by atoms with Gasteiger partial charge in [-0.25, -0.2) is 4.98 Å². The second-order valence-electron chi connectivity index (χ2n) is 6.26. The Morgan fingerprint density at radius 3 is 2.36 bits per heavy atom. The van der Waals surface area contributed by atoms with Gasteiger partial charge in [0, 0.05) is 22.9 Å². The first-order valence-electron chi connectivity index (χ1n) is 7.84. The largest absolute Gasteiger partial charge is 0.481 e. The van der Waals surface area contributed by atoms with Gasteiger partial charge >= 0.3 is 0 Å². The summed E-state index contributed by atoms with van der Waals surface area (Å²) in [5, 5.41) is 2.80. The van der Waals surface area contributed by atoms with Gasteiger partial charge in [0.15, 0.2) is 5.78 Å². The Labute approximate surface area is 152 Å². The van der Waals surface area contributed by atoms with Crippen LogP contribution in [-0.4, -0.2) is 30.0 Å². The number of carbonyl (C=O) groups excluding carboxylic acids is 2. The van der Waals surface area contributed by atoms with Gasteiger partial charge in [-0.05, 0) is 24.5 Å². The third-order valence-corrected chi connectivity index (χ3v) is 4.58. The molecule has 25 heavy (non-hydrogen) atoms. The summed E-state index contributed by atoms with van der Waals surface area (Å²) >= 11 is 1.62. The second kappa shape index (κ2) is 8.16. The van der Waals surface area contributed by atoms with Crippen molar-refractivity contribution >= 4 is 29.1 Å². The average Bonchev–Trinajstić information content (AvgIpc) is 2.62. The summed E-state index contributed by atoms with van der Waals surface area (Å²) in [6.07, 6.45) is 3.63. The van der Waals surface area contributed by atoms with Crippen LogP contribution in [0.25, 0.3) is 0 Å². The number of thioether (sulfide) groups is 1. The number of ether oxygens (including phenoxy) is 1. The van der Waals surface area contributed by atoms with Gasteiger partial charge in [-0.15, -0.1) is 11.8 Å². The van der Waals surface area contributed by atoms with Crippen molar-refractivity contribution in [2.24, 2.45) is 5.41 Å². The summed E-state index contributed by atoms with van der Waals surface area (Å²) in [6.45, 7) is 3.51. The molecule has 1 aromatic heterocycles. The maximum atomic E-state index is 12.5. The number of nitrogens with zero attached hydrogens (tertiary/aromatic N) is 1. The van der Waals surface area contributed by atoms with Crippen LogP contribution in [0.15, 0.2) is 47.5 Å². The Balaban J connectivity index is 2.02. The zero-order chi connectivity index (χ0) is 18.4. The van der Waals surface area contributed by atoms with Crippen molar-refractivity contribution in [3.05, 3.63) is 48.2 Å². The summed E-state index contributed by atoms with van der Waals surface area (Å²) in [5.74, 6) is 0.190. The molecule has 0 saturated heterocycles. The summed E-state index contributed by atoms with van der Waals surface area (Å²) < 4.78 is 4.99. The normalized spacial score (nSPS) is 11.0. The third-order valence-electron chi connectivity index (χ3n) is 3.83. The fourth-order valence-corrected chi connectivity index (χ4v) is 2.64. The van der Waals surface area contributed by atoms with E-state index in [0.717, 1.165) is 4.90 Å². The van der Waals surface area contributed by atoms with Crippen molar-refractivity contribution in [2.75, 3.05) is 18.7 Å². The number of nitrogens with one attached hydrogen (secondary N) is 1. The molecule has 0 aliphatic heterocycles. The van der Waals surface area contributed by atoms with E-state index in [1.54, 1.807) is 49.9 Å². The lowest BCUT2D eigenvalue weighted by atomic mass is 9.84. The third kappa shape index (κ3) is 5.06. The minimum absolute atomic E-state index is 0.0549. The molecule has 1 amide bonds.